The highest BCUT2D eigenvalue weighted by Gasteiger charge is 2.19. The fourth-order valence-electron chi connectivity index (χ4n) is 1.14. The maximum Gasteiger partial charge on any atom is 0.0684 e. The molecule has 0 N–H and O–H groups in total. The molecule has 11 heavy (non-hydrogen) atoms. The normalized spacial score (nSPS) is 13.2. The van der Waals surface area contributed by atoms with Gasteiger partial charge in [-0.2, -0.15) is 10.5 Å². The fraction of sp³-hybridized carbons (Fsp3) is 0.778. The summed E-state index contributed by atoms with van der Waals surface area (Å²) in [7, 11) is 0. The first kappa shape index (κ1) is 9.98. The highest BCUT2D eigenvalue weighted by molar-refractivity contribution is 4.93. The van der Waals surface area contributed by atoms with Crippen LogP contribution in [0.15, 0.2) is 0 Å². The van der Waals surface area contributed by atoms with Crippen molar-refractivity contribution >= 4 is 0 Å². The number of rotatable bonds is 3. The van der Waals surface area contributed by atoms with Gasteiger partial charge in [0.2, 0.25) is 0 Å². The maximum absolute atomic E-state index is 8.68. The third-order valence-corrected chi connectivity index (χ3v) is 1.60. The first-order chi connectivity index (χ1) is 5.02. The van der Waals surface area contributed by atoms with Crippen LogP contribution in [-0.4, -0.2) is 0 Å². The zero-order valence-corrected chi connectivity index (χ0v) is 7.39. The Morgan fingerprint density at radius 2 is 1.91 bits per heavy atom. The zero-order chi connectivity index (χ0) is 8.91. The number of nitriles is 2. The van der Waals surface area contributed by atoms with Crippen molar-refractivity contribution in [2.24, 2.45) is 11.3 Å². The summed E-state index contributed by atoms with van der Waals surface area (Å²) in [6.07, 6.45) is 1.35. The smallest absolute Gasteiger partial charge is 0.0684 e. The molecule has 0 fully saturated rings. The molecule has 0 heterocycles. The van der Waals surface area contributed by atoms with Gasteiger partial charge in [-0.1, -0.05) is 6.92 Å². The van der Waals surface area contributed by atoms with Crippen molar-refractivity contribution < 1.29 is 0 Å². The molecule has 1 atom stereocenters. The van der Waals surface area contributed by atoms with Crippen molar-refractivity contribution in [2.75, 3.05) is 0 Å². The Morgan fingerprint density at radius 1 is 1.36 bits per heavy atom. The molecule has 60 valence electrons. The first-order valence-electron chi connectivity index (χ1n) is 3.80. The van der Waals surface area contributed by atoms with Gasteiger partial charge in [0.1, 0.15) is 0 Å². The SMILES string of the molecule is CC(CC#N)CC(C)(C)C#N. The van der Waals surface area contributed by atoms with E-state index in [1.165, 1.54) is 0 Å². The lowest BCUT2D eigenvalue weighted by molar-refractivity contribution is 0.362. The molecule has 2 heteroatoms. The van der Waals surface area contributed by atoms with E-state index in [2.05, 4.69) is 12.1 Å². The number of hydrogen-bond acceptors (Lipinski definition) is 2. The zero-order valence-electron chi connectivity index (χ0n) is 7.39. The monoisotopic (exact) mass is 150 g/mol. The Bertz CT molecular complexity index is 193. The fourth-order valence-corrected chi connectivity index (χ4v) is 1.14. The van der Waals surface area contributed by atoms with Crippen molar-refractivity contribution in [2.45, 2.75) is 33.6 Å². The third kappa shape index (κ3) is 4.39. The topological polar surface area (TPSA) is 47.6 Å². The van der Waals surface area contributed by atoms with E-state index in [0.29, 0.717) is 12.3 Å². The quantitative estimate of drug-likeness (QED) is 0.620. The van der Waals surface area contributed by atoms with Gasteiger partial charge in [0.15, 0.2) is 0 Å². The summed E-state index contributed by atoms with van der Waals surface area (Å²) >= 11 is 0. The van der Waals surface area contributed by atoms with E-state index in [0.717, 1.165) is 6.42 Å². The van der Waals surface area contributed by atoms with Gasteiger partial charge in [0.05, 0.1) is 17.6 Å². The van der Waals surface area contributed by atoms with Crippen LogP contribution in [0, 0.1) is 34.0 Å². The van der Waals surface area contributed by atoms with Gasteiger partial charge >= 0.3 is 0 Å². The van der Waals surface area contributed by atoms with Gasteiger partial charge in [-0.15, -0.1) is 0 Å². The Morgan fingerprint density at radius 3 is 2.27 bits per heavy atom. The van der Waals surface area contributed by atoms with Crippen LogP contribution in [-0.2, 0) is 0 Å². The van der Waals surface area contributed by atoms with E-state index in [1.807, 2.05) is 20.8 Å². The molecular formula is C9H14N2. The lowest BCUT2D eigenvalue weighted by Crippen LogP contribution is -2.12. The lowest BCUT2D eigenvalue weighted by atomic mass is 9.84. The summed E-state index contributed by atoms with van der Waals surface area (Å²) in [6.45, 7) is 5.81. The Kier molecular flexibility index (Phi) is 3.61. The van der Waals surface area contributed by atoms with Crippen molar-refractivity contribution in [3.05, 3.63) is 0 Å². The minimum absolute atomic E-state index is 0.281. The Labute approximate surface area is 68.4 Å². The molecular weight excluding hydrogens is 136 g/mol. The Hall–Kier alpha value is -1.02. The number of hydrogen-bond donors (Lipinski definition) is 0. The third-order valence-electron chi connectivity index (χ3n) is 1.60. The maximum atomic E-state index is 8.68. The van der Waals surface area contributed by atoms with E-state index in [4.69, 9.17) is 10.5 Å². The van der Waals surface area contributed by atoms with Gasteiger partial charge in [-0.3, -0.25) is 0 Å². The molecule has 0 amide bonds. The van der Waals surface area contributed by atoms with E-state index >= 15 is 0 Å². The van der Waals surface area contributed by atoms with Gasteiger partial charge < -0.3 is 0 Å². The molecule has 1 unspecified atom stereocenters. The van der Waals surface area contributed by atoms with E-state index in [1.54, 1.807) is 0 Å². The van der Waals surface area contributed by atoms with Crippen molar-refractivity contribution in [3.63, 3.8) is 0 Å². The second kappa shape index (κ2) is 3.98. The molecule has 0 aliphatic heterocycles. The van der Waals surface area contributed by atoms with Crippen molar-refractivity contribution in [3.8, 4) is 12.1 Å². The lowest BCUT2D eigenvalue weighted by Gasteiger charge is -2.18. The van der Waals surface area contributed by atoms with Gasteiger partial charge in [-0.25, -0.2) is 0 Å². The first-order valence-corrected chi connectivity index (χ1v) is 3.80. The molecule has 0 spiro atoms. The van der Waals surface area contributed by atoms with E-state index < -0.39 is 0 Å². The van der Waals surface area contributed by atoms with E-state index in [-0.39, 0.29) is 5.41 Å². The molecule has 0 saturated carbocycles. The second-order valence-electron chi connectivity index (χ2n) is 3.67. The highest BCUT2D eigenvalue weighted by Crippen LogP contribution is 2.25. The van der Waals surface area contributed by atoms with Crippen LogP contribution >= 0.6 is 0 Å². The molecule has 0 aromatic rings. The summed E-state index contributed by atoms with van der Waals surface area (Å²) in [6, 6.07) is 4.33. The molecule has 2 nitrogen and oxygen atoms in total. The summed E-state index contributed by atoms with van der Waals surface area (Å²) in [4.78, 5) is 0. The predicted octanol–water partition coefficient (Wildman–Crippen LogP) is 2.48. The highest BCUT2D eigenvalue weighted by atomic mass is 14.3. The van der Waals surface area contributed by atoms with Gasteiger partial charge in [-0.05, 0) is 26.2 Å². The molecule has 0 rings (SSSR count). The average Bonchev–Trinajstić information content (AvgIpc) is 1.87. The van der Waals surface area contributed by atoms with Crippen LogP contribution in [0.2, 0.25) is 0 Å². The largest absolute Gasteiger partial charge is 0.198 e. The summed E-state index contributed by atoms with van der Waals surface area (Å²) in [5, 5.41) is 17.1. The molecule has 0 radical (unpaired) electrons. The van der Waals surface area contributed by atoms with Crippen molar-refractivity contribution in [1.82, 2.24) is 0 Å². The van der Waals surface area contributed by atoms with Crippen LogP contribution in [0.5, 0.6) is 0 Å². The van der Waals surface area contributed by atoms with Gasteiger partial charge in [0.25, 0.3) is 0 Å². The average molecular weight is 150 g/mol. The van der Waals surface area contributed by atoms with Crippen LogP contribution in [0.4, 0.5) is 0 Å². The summed E-state index contributed by atoms with van der Waals surface area (Å²) in [5.41, 5.74) is -0.281. The standard InChI is InChI=1S/C9H14N2/c1-8(4-5-10)6-9(2,3)7-11/h8H,4,6H2,1-3H3. The summed E-state index contributed by atoms with van der Waals surface area (Å²) in [5.74, 6) is 0.328. The molecule has 0 aliphatic rings. The van der Waals surface area contributed by atoms with Crippen LogP contribution in [0.1, 0.15) is 33.6 Å². The van der Waals surface area contributed by atoms with Gasteiger partial charge in [0, 0.05) is 6.42 Å². The van der Waals surface area contributed by atoms with Crippen LogP contribution < -0.4 is 0 Å². The minimum Gasteiger partial charge on any atom is -0.198 e. The molecule has 0 bridgehead atoms. The molecule has 0 aliphatic carbocycles. The molecule has 0 aromatic heterocycles. The second-order valence-corrected chi connectivity index (χ2v) is 3.67. The Balaban J connectivity index is 3.88. The number of nitrogens with zero attached hydrogens (tertiary/aromatic N) is 2. The van der Waals surface area contributed by atoms with Crippen molar-refractivity contribution in [1.29, 1.82) is 10.5 Å². The molecule has 0 aromatic carbocycles. The molecule has 0 saturated heterocycles. The predicted molar refractivity (Wildman–Crippen MR) is 43.4 cm³/mol. The van der Waals surface area contributed by atoms with E-state index in [9.17, 15) is 0 Å². The van der Waals surface area contributed by atoms with Crippen LogP contribution in [0.25, 0.3) is 0 Å². The van der Waals surface area contributed by atoms with Crippen LogP contribution in [0.3, 0.4) is 0 Å². The summed E-state index contributed by atoms with van der Waals surface area (Å²) < 4.78 is 0. The minimum atomic E-state index is -0.281.